The van der Waals surface area contributed by atoms with Crippen LogP contribution < -0.4 is 5.73 Å². The predicted molar refractivity (Wildman–Crippen MR) is 59.1 cm³/mol. The Kier molecular flexibility index (Phi) is 3.44. The molecule has 0 bridgehead atoms. The summed E-state index contributed by atoms with van der Waals surface area (Å²) in [5.41, 5.74) is 8.30. The Hall–Kier alpha value is -1.12. The fourth-order valence-corrected chi connectivity index (χ4v) is 1.32. The zero-order valence-corrected chi connectivity index (χ0v) is 9.46. The van der Waals surface area contributed by atoms with Gasteiger partial charge in [-0.05, 0) is 26.2 Å². The molecule has 3 nitrogen and oxygen atoms in total. The van der Waals surface area contributed by atoms with Crippen LogP contribution in [0.25, 0.3) is 0 Å². The van der Waals surface area contributed by atoms with E-state index in [9.17, 15) is 0 Å². The van der Waals surface area contributed by atoms with Gasteiger partial charge in [0.25, 0.3) is 0 Å². The topological polar surface area (TPSA) is 51.8 Å². The van der Waals surface area contributed by atoms with Gasteiger partial charge in [-0.3, -0.25) is 0 Å². The number of hydrogen-bond acceptors (Lipinski definition) is 3. The first kappa shape index (κ1) is 11.0. The Morgan fingerprint density at radius 2 is 1.64 bits per heavy atom. The fourth-order valence-electron chi connectivity index (χ4n) is 1.32. The molecule has 1 aromatic rings. The van der Waals surface area contributed by atoms with Crippen molar-refractivity contribution in [1.29, 1.82) is 0 Å². The molecule has 1 rings (SSSR count). The highest BCUT2D eigenvalue weighted by Crippen LogP contribution is 2.13. The molecule has 0 unspecified atom stereocenters. The lowest BCUT2D eigenvalue weighted by atomic mass is 10.1. The molecule has 0 saturated heterocycles. The summed E-state index contributed by atoms with van der Waals surface area (Å²) in [7, 11) is 0. The third kappa shape index (κ3) is 2.69. The quantitative estimate of drug-likeness (QED) is 0.801. The minimum Gasteiger partial charge on any atom is -0.396 e. The lowest BCUT2D eigenvalue weighted by molar-refractivity contribution is 0.573. The van der Waals surface area contributed by atoms with Gasteiger partial charge in [-0.15, -0.1) is 0 Å². The van der Waals surface area contributed by atoms with Crippen LogP contribution in [0.2, 0.25) is 0 Å². The largest absolute Gasteiger partial charge is 0.396 e. The average Bonchev–Trinajstić information content (AvgIpc) is 2.10. The van der Waals surface area contributed by atoms with Crippen molar-refractivity contribution in [3.05, 3.63) is 17.2 Å². The zero-order chi connectivity index (χ0) is 10.7. The third-order valence-corrected chi connectivity index (χ3v) is 2.32. The molecule has 1 aromatic heterocycles. The first-order valence-electron chi connectivity index (χ1n) is 5.10. The van der Waals surface area contributed by atoms with Crippen molar-refractivity contribution >= 4 is 5.69 Å². The summed E-state index contributed by atoms with van der Waals surface area (Å²) in [6.45, 7) is 8.28. The fraction of sp³-hybridized carbons (Fsp3) is 0.636. The highest BCUT2D eigenvalue weighted by molar-refractivity contribution is 5.46. The van der Waals surface area contributed by atoms with E-state index in [2.05, 4.69) is 23.8 Å². The van der Waals surface area contributed by atoms with Gasteiger partial charge < -0.3 is 5.73 Å². The molecule has 3 heteroatoms. The highest BCUT2D eigenvalue weighted by atomic mass is 14.9. The van der Waals surface area contributed by atoms with Crippen LogP contribution in [-0.2, 0) is 6.42 Å². The van der Waals surface area contributed by atoms with Gasteiger partial charge in [0.15, 0.2) is 0 Å². The molecule has 14 heavy (non-hydrogen) atoms. The van der Waals surface area contributed by atoms with Gasteiger partial charge in [0.2, 0.25) is 0 Å². The Morgan fingerprint density at radius 1 is 1.14 bits per heavy atom. The van der Waals surface area contributed by atoms with E-state index in [1.54, 1.807) is 0 Å². The van der Waals surface area contributed by atoms with E-state index >= 15 is 0 Å². The Morgan fingerprint density at radius 3 is 2.07 bits per heavy atom. The average molecular weight is 193 g/mol. The summed E-state index contributed by atoms with van der Waals surface area (Å²) in [6, 6.07) is 0. The van der Waals surface area contributed by atoms with Gasteiger partial charge in [0.1, 0.15) is 5.82 Å². The predicted octanol–water partition coefficient (Wildman–Crippen LogP) is 2.26. The maximum Gasteiger partial charge on any atom is 0.129 e. The standard InChI is InChI=1S/C11H19N3/c1-7(2)5-6-10-13-8(3)11(12)9(4)14-10/h7H,5-6,12H2,1-4H3. The van der Waals surface area contributed by atoms with Crippen LogP contribution >= 0.6 is 0 Å². The molecule has 0 atom stereocenters. The summed E-state index contributed by atoms with van der Waals surface area (Å²) in [4.78, 5) is 8.74. The lowest BCUT2D eigenvalue weighted by Crippen LogP contribution is -2.05. The van der Waals surface area contributed by atoms with Gasteiger partial charge in [0.05, 0.1) is 17.1 Å². The number of hydrogen-bond donors (Lipinski definition) is 1. The molecule has 0 aromatic carbocycles. The van der Waals surface area contributed by atoms with Gasteiger partial charge in [0, 0.05) is 6.42 Å². The molecule has 0 aliphatic heterocycles. The summed E-state index contributed by atoms with van der Waals surface area (Å²) >= 11 is 0. The van der Waals surface area contributed by atoms with Gasteiger partial charge in [-0.25, -0.2) is 9.97 Å². The van der Waals surface area contributed by atoms with Crippen molar-refractivity contribution in [1.82, 2.24) is 9.97 Å². The van der Waals surface area contributed by atoms with E-state index in [-0.39, 0.29) is 0 Å². The molecular formula is C11H19N3. The number of nitrogen functional groups attached to an aromatic ring is 1. The summed E-state index contributed by atoms with van der Waals surface area (Å²) in [6.07, 6.45) is 2.07. The van der Waals surface area contributed by atoms with Crippen molar-refractivity contribution < 1.29 is 0 Å². The van der Waals surface area contributed by atoms with E-state index in [0.717, 1.165) is 35.7 Å². The number of nitrogens with two attached hydrogens (primary N) is 1. The van der Waals surface area contributed by atoms with E-state index < -0.39 is 0 Å². The maximum atomic E-state index is 5.78. The van der Waals surface area contributed by atoms with E-state index in [0.29, 0.717) is 5.92 Å². The van der Waals surface area contributed by atoms with Crippen LogP contribution in [0.15, 0.2) is 0 Å². The van der Waals surface area contributed by atoms with E-state index in [1.807, 2.05) is 13.8 Å². The second-order valence-corrected chi connectivity index (χ2v) is 4.16. The minimum atomic E-state index is 0.691. The molecule has 0 aliphatic carbocycles. The van der Waals surface area contributed by atoms with Crippen LogP contribution in [0.3, 0.4) is 0 Å². The maximum absolute atomic E-state index is 5.78. The lowest BCUT2D eigenvalue weighted by Gasteiger charge is -2.07. The molecule has 78 valence electrons. The SMILES string of the molecule is Cc1nc(CCC(C)C)nc(C)c1N. The smallest absolute Gasteiger partial charge is 0.129 e. The number of aromatic nitrogens is 2. The van der Waals surface area contributed by atoms with Crippen molar-refractivity contribution in [2.24, 2.45) is 5.92 Å². The van der Waals surface area contributed by atoms with Crippen molar-refractivity contribution in [2.45, 2.75) is 40.5 Å². The third-order valence-electron chi connectivity index (χ3n) is 2.32. The minimum absolute atomic E-state index is 0.691. The van der Waals surface area contributed by atoms with Crippen molar-refractivity contribution in [3.63, 3.8) is 0 Å². The summed E-state index contributed by atoms with van der Waals surface area (Å²) in [5, 5.41) is 0. The van der Waals surface area contributed by atoms with E-state index in [4.69, 9.17) is 5.73 Å². The Labute approximate surface area is 85.8 Å². The molecule has 0 amide bonds. The molecule has 0 radical (unpaired) electrons. The molecule has 2 N–H and O–H groups in total. The second-order valence-electron chi connectivity index (χ2n) is 4.16. The van der Waals surface area contributed by atoms with Crippen LogP contribution in [0.4, 0.5) is 5.69 Å². The Bertz CT molecular complexity index is 295. The van der Waals surface area contributed by atoms with Crippen molar-refractivity contribution in [3.8, 4) is 0 Å². The van der Waals surface area contributed by atoms with E-state index in [1.165, 1.54) is 0 Å². The van der Waals surface area contributed by atoms with Crippen molar-refractivity contribution in [2.75, 3.05) is 5.73 Å². The second kappa shape index (κ2) is 4.40. The number of anilines is 1. The van der Waals surface area contributed by atoms with Crippen LogP contribution in [0.5, 0.6) is 0 Å². The highest BCUT2D eigenvalue weighted by Gasteiger charge is 2.05. The molecule has 0 saturated carbocycles. The first-order valence-corrected chi connectivity index (χ1v) is 5.10. The molecule has 0 aliphatic rings. The zero-order valence-electron chi connectivity index (χ0n) is 9.46. The van der Waals surface area contributed by atoms with Crippen LogP contribution in [0.1, 0.15) is 37.5 Å². The molecule has 1 heterocycles. The molecule has 0 fully saturated rings. The summed E-state index contributed by atoms with van der Waals surface area (Å²) < 4.78 is 0. The molecule has 0 spiro atoms. The first-order chi connectivity index (χ1) is 6.50. The van der Waals surface area contributed by atoms with Gasteiger partial charge in [-0.2, -0.15) is 0 Å². The summed E-state index contributed by atoms with van der Waals surface area (Å²) in [5.74, 6) is 1.61. The van der Waals surface area contributed by atoms with Gasteiger partial charge in [-0.1, -0.05) is 13.8 Å². The number of nitrogens with zero attached hydrogens (tertiary/aromatic N) is 2. The Balaban J connectivity index is 2.79. The van der Waals surface area contributed by atoms with Crippen LogP contribution in [0, 0.1) is 19.8 Å². The number of aryl methyl sites for hydroxylation is 3. The normalized spacial score (nSPS) is 10.9. The molecular weight excluding hydrogens is 174 g/mol. The van der Waals surface area contributed by atoms with Gasteiger partial charge >= 0.3 is 0 Å². The number of rotatable bonds is 3. The van der Waals surface area contributed by atoms with Crippen LogP contribution in [-0.4, -0.2) is 9.97 Å². The monoisotopic (exact) mass is 193 g/mol.